The van der Waals surface area contributed by atoms with E-state index in [1.165, 1.54) is 0 Å². The highest BCUT2D eigenvalue weighted by Gasteiger charge is 2.56. The first-order valence-electron chi connectivity index (χ1n) is 8.29. The van der Waals surface area contributed by atoms with E-state index in [9.17, 15) is 15.0 Å². The molecule has 3 atom stereocenters. The predicted molar refractivity (Wildman–Crippen MR) is 95.3 cm³/mol. The molecule has 3 heteroatoms. The van der Waals surface area contributed by atoms with Crippen LogP contribution >= 0.6 is 0 Å². The Morgan fingerprint density at radius 3 is 2.00 bits per heavy atom. The molecule has 3 nitrogen and oxygen atoms in total. The standard InChI is InChI=1S/C22H18O3/c23-21(24)20-19(15-9-3-1-4-10-15)17-13-7-8-14-18(17)22(20,25)16-11-5-2-6-12-16/h1-14,19-20,25H,(H,23,24). The van der Waals surface area contributed by atoms with Crippen LogP contribution < -0.4 is 0 Å². The minimum absolute atomic E-state index is 0.403. The first-order valence-corrected chi connectivity index (χ1v) is 8.29. The normalized spacial score (nSPS) is 24.7. The third kappa shape index (κ3) is 2.28. The molecule has 25 heavy (non-hydrogen) atoms. The Kier molecular flexibility index (Phi) is 3.66. The van der Waals surface area contributed by atoms with Crippen molar-refractivity contribution in [1.29, 1.82) is 0 Å². The molecule has 124 valence electrons. The van der Waals surface area contributed by atoms with Crippen LogP contribution in [0.15, 0.2) is 84.9 Å². The monoisotopic (exact) mass is 330 g/mol. The molecule has 0 aromatic heterocycles. The van der Waals surface area contributed by atoms with E-state index in [4.69, 9.17) is 0 Å². The van der Waals surface area contributed by atoms with Gasteiger partial charge < -0.3 is 10.2 Å². The van der Waals surface area contributed by atoms with E-state index in [1.807, 2.05) is 72.8 Å². The van der Waals surface area contributed by atoms with Gasteiger partial charge in [0.1, 0.15) is 11.5 Å². The van der Waals surface area contributed by atoms with Crippen LogP contribution in [0.3, 0.4) is 0 Å². The molecule has 0 fully saturated rings. The summed E-state index contributed by atoms with van der Waals surface area (Å²) in [6.07, 6.45) is 0. The number of benzene rings is 3. The van der Waals surface area contributed by atoms with Gasteiger partial charge in [0.25, 0.3) is 0 Å². The van der Waals surface area contributed by atoms with E-state index in [-0.39, 0.29) is 0 Å². The second kappa shape index (κ2) is 5.87. The Hall–Kier alpha value is -2.91. The molecule has 0 saturated carbocycles. The van der Waals surface area contributed by atoms with E-state index in [2.05, 4.69) is 0 Å². The number of carbonyl (C=O) groups is 1. The molecular formula is C22H18O3. The zero-order valence-electron chi connectivity index (χ0n) is 13.5. The summed E-state index contributed by atoms with van der Waals surface area (Å²) < 4.78 is 0. The highest BCUT2D eigenvalue weighted by molar-refractivity contribution is 5.78. The van der Waals surface area contributed by atoms with Crippen LogP contribution in [0.5, 0.6) is 0 Å². The lowest BCUT2D eigenvalue weighted by molar-refractivity contribution is -0.149. The molecule has 0 saturated heterocycles. The van der Waals surface area contributed by atoms with Crippen molar-refractivity contribution in [2.24, 2.45) is 5.92 Å². The number of aliphatic hydroxyl groups is 1. The Labute approximate surface area is 146 Å². The average molecular weight is 330 g/mol. The third-order valence-corrected chi connectivity index (χ3v) is 5.13. The van der Waals surface area contributed by atoms with Crippen molar-refractivity contribution < 1.29 is 15.0 Å². The zero-order valence-corrected chi connectivity index (χ0v) is 13.5. The van der Waals surface area contributed by atoms with Crippen LogP contribution in [0.1, 0.15) is 28.2 Å². The number of hydrogen-bond donors (Lipinski definition) is 2. The molecular weight excluding hydrogens is 312 g/mol. The van der Waals surface area contributed by atoms with Gasteiger partial charge in [0.15, 0.2) is 0 Å². The molecule has 4 rings (SSSR count). The van der Waals surface area contributed by atoms with E-state index in [1.54, 1.807) is 12.1 Å². The summed E-state index contributed by atoms with van der Waals surface area (Å²) in [5, 5.41) is 21.7. The van der Waals surface area contributed by atoms with E-state index in [0.717, 1.165) is 11.1 Å². The van der Waals surface area contributed by atoms with Crippen LogP contribution in [-0.4, -0.2) is 16.2 Å². The Bertz CT molecular complexity index is 905. The fraction of sp³-hybridized carbons (Fsp3) is 0.136. The van der Waals surface area contributed by atoms with Crippen molar-refractivity contribution in [2.45, 2.75) is 11.5 Å². The number of aliphatic carboxylic acids is 1. The number of hydrogen-bond acceptors (Lipinski definition) is 2. The van der Waals surface area contributed by atoms with Crippen molar-refractivity contribution in [2.75, 3.05) is 0 Å². The van der Waals surface area contributed by atoms with Gasteiger partial charge in [-0.05, 0) is 22.3 Å². The molecule has 0 radical (unpaired) electrons. The molecule has 3 aromatic carbocycles. The molecule has 2 N–H and O–H groups in total. The molecule has 3 aromatic rings. The summed E-state index contributed by atoms with van der Waals surface area (Å²) in [5.41, 5.74) is 1.47. The largest absolute Gasteiger partial charge is 0.481 e. The van der Waals surface area contributed by atoms with Crippen LogP contribution in [0, 0.1) is 5.92 Å². The van der Waals surface area contributed by atoms with Crippen molar-refractivity contribution in [3.8, 4) is 0 Å². The number of fused-ring (bicyclic) bond motifs is 1. The number of carboxylic acids is 1. The van der Waals surface area contributed by atoms with Gasteiger partial charge in [-0.1, -0.05) is 84.9 Å². The van der Waals surface area contributed by atoms with Crippen LogP contribution in [-0.2, 0) is 10.4 Å². The topological polar surface area (TPSA) is 57.5 Å². The maximum Gasteiger partial charge on any atom is 0.311 e. The van der Waals surface area contributed by atoms with Crippen molar-refractivity contribution in [3.63, 3.8) is 0 Å². The summed E-state index contributed by atoms with van der Waals surface area (Å²) in [4.78, 5) is 12.3. The van der Waals surface area contributed by atoms with Gasteiger partial charge in [0.2, 0.25) is 0 Å². The Morgan fingerprint density at radius 1 is 0.800 bits per heavy atom. The number of carboxylic acid groups (broad SMARTS) is 1. The van der Waals surface area contributed by atoms with E-state index < -0.39 is 23.4 Å². The SMILES string of the molecule is O=C(O)C1C(c2ccccc2)c2ccccc2C1(O)c1ccccc1. The smallest absolute Gasteiger partial charge is 0.311 e. The molecule has 1 aliphatic rings. The van der Waals surface area contributed by atoms with E-state index >= 15 is 0 Å². The lowest BCUT2D eigenvalue weighted by atomic mass is 9.76. The van der Waals surface area contributed by atoms with Crippen molar-refractivity contribution in [3.05, 3.63) is 107 Å². The maximum atomic E-state index is 12.3. The summed E-state index contributed by atoms with van der Waals surface area (Å²) in [5.74, 6) is -2.40. The van der Waals surface area contributed by atoms with Crippen LogP contribution in [0.25, 0.3) is 0 Å². The van der Waals surface area contributed by atoms with Crippen LogP contribution in [0.2, 0.25) is 0 Å². The Balaban J connectivity index is 2.01. The first kappa shape index (κ1) is 15.6. The highest BCUT2D eigenvalue weighted by Crippen LogP contribution is 2.54. The highest BCUT2D eigenvalue weighted by atomic mass is 16.4. The average Bonchev–Trinajstić information content (AvgIpc) is 2.94. The second-order valence-electron chi connectivity index (χ2n) is 6.42. The fourth-order valence-corrected chi connectivity index (χ4v) is 4.08. The molecule has 1 aliphatic carbocycles. The first-order chi connectivity index (χ1) is 12.1. The molecule has 0 amide bonds. The lowest BCUT2D eigenvalue weighted by Gasteiger charge is -2.31. The van der Waals surface area contributed by atoms with Gasteiger partial charge in [0.05, 0.1) is 0 Å². The predicted octanol–water partition coefficient (Wildman–Crippen LogP) is 3.77. The fourth-order valence-electron chi connectivity index (χ4n) is 4.08. The molecule has 0 heterocycles. The van der Waals surface area contributed by atoms with Gasteiger partial charge in [0, 0.05) is 5.92 Å². The maximum absolute atomic E-state index is 12.3. The van der Waals surface area contributed by atoms with Crippen molar-refractivity contribution in [1.82, 2.24) is 0 Å². The summed E-state index contributed by atoms with van der Waals surface area (Å²) in [7, 11) is 0. The molecule has 0 bridgehead atoms. The van der Waals surface area contributed by atoms with Gasteiger partial charge in [-0.3, -0.25) is 4.79 Å². The quantitative estimate of drug-likeness (QED) is 0.768. The summed E-state index contributed by atoms with van der Waals surface area (Å²) >= 11 is 0. The zero-order chi connectivity index (χ0) is 17.4. The number of rotatable bonds is 3. The Morgan fingerprint density at radius 2 is 1.36 bits per heavy atom. The van der Waals surface area contributed by atoms with Gasteiger partial charge >= 0.3 is 5.97 Å². The minimum Gasteiger partial charge on any atom is -0.481 e. The molecule has 3 unspecified atom stereocenters. The lowest BCUT2D eigenvalue weighted by Crippen LogP contribution is -2.39. The van der Waals surface area contributed by atoms with Crippen molar-refractivity contribution >= 4 is 5.97 Å². The van der Waals surface area contributed by atoms with Crippen LogP contribution in [0.4, 0.5) is 0 Å². The van der Waals surface area contributed by atoms with E-state index in [0.29, 0.717) is 11.1 Å². The van der Waals surface area contributed by atoms with Gasteiger partial charge in [-0.25, -0.2) is 0 Å². The second-order valence-corrected chi connectivity index (χ2v) is 6.42. The minimum atomic E-state index is -1.57. The summed E-state index contributed by atoms with van der Waals surface area (Å²) in [6, 6.07) is 26.1. The van der Waals surface area contributed by atoms with Gasteiger partial charge in [-0.2, -0.15) is 0 Å². The van der Waals surface area contributed by atoms with Gasteiger partial charge in [-0.15, -0.1) is 0 Å². The summed E-state index contributed by atoms with van der Waals surface area (Å²) in [6.45, 7) is 0. The molecule has 0 spiro atoms. The molecule has 0 aliphatic heterocycles. The third-order valence-electron chi connectivity index (χ3n) is 5.13.